The van der Waals surface area contributed by atoms with Gasteiger partial charge in [-0.25, -0.2) is 4.68 Å². The van der Waals surface area contributed by atoms with Gasteiger partial charge in [0, 0.05) is 19.3 Å². The highest BCUT2D eigenvalue weighted by atomic mass is 35.5. The Morgan fingerprint density at radius 2 is 2.16 bits per heavy atom. The van der Waals surface area contributed by atoms with Gasteiger partial charge in [0.1, 0.15) is 5.02 Å². The molecule has 0 aliphatic rings. The van der Waals surface area contributed by atoms with Crippen molar-refractivity contribution in [2.75, 3.05) is 11.9 Å². The highest BCUT2D eigenvalue weighted by molar-refractivity contribution is 6.32. The summed E-state index contributed by atoms with van der Waals surface area (Å²) in [6, 6.07) is 0. The van der Waals surface area contributed by atoms with Gasteiger partial charge in [-0.15, -0.1) is 0 Å². The lowest BCUT2D eigenvalue weighted by molar-refractivity contribution is 0.613. The molecule has 0 aromatic carbocycles. The maximum Gasteiger partial charge on any atom is 0.287 e. The Morgan fingerprint density at radius 3 is 2.79 bits per heavy atom. The van der Waals surface area contributed by atoms with Crippen molar-refractivity contribution in [2.45, 2.75) is 26.9 Å². The Bertz CT molecular complexity index is 619. The van der Waals surface area contributed by atoms with Crippen molar-refractivity contribution < 1.29 is 0 Å². The molecule has 102 valence electrons. The van der Waals surface area contributed by atoms with Gasteiger partial charge in [-0.1, -0.05) is 11.6 Å². The van der Waals surface area contributed by atoms with E-state index in [1.54, 1.807) is 12.4 Å². The van der Waals surface area contributed by atoms with E-state index in [1.807, 2.05) is 24.7 Å². The number of anilines is 1. The standard InChI is InChI=1S/C12H16ClN5O/c1-3-18-12(19)11(13)10(7-16-18)14-4-5-17-8-9(2)6-15-17/h6-8,14H,3-5H2,1-2H3. The molecular weight excluding hydrogens is 266 g/mol. The first kappa shape index (κ1) is 13.6. The summed E-state index contributed by atoms with van der Waals surface area (Å²) in [5, 5.41) is 11.5. The van der Waals surface area contributed by atoms with E-state index in [9.17, 15) is 4.79 Å². The number of aromatic nitrogens is 4. The van der Waals surface area contributed by atoms with Gasteiger partial charge in [0.2, 0.25) is 0 Å². The fourth-order valence-electron chi connectivity index (χ4n) is 1.71. The summed E-state index contributed by atoms with van der Waals surface area (Å²) in [6.45, 7) is 5.66. The lowest BCUT2D eigenvalue weighted by atomic mass is 10.4. The van der Waals surface area contributed by atoms with Gasteiger partial charge >= 0.3 is 0 Å². The molecule has 1 N–H and O–H groups in total. The van der Waals surface area contributed by atoms with Crippen molar-refractivity contribution >= 4 is 17.3 Å². The maximum absolute atomic E-state index is 11.8. The number of halogens is 1. The number of nitrogens with one attached hydrogen (secondary N) is 1. The van der Waals surface area contributed by atoms with Crippen LogP contribution in [0.25, 0.3) is 0 Å². The molecule has 7 heteroatoms. The molecule has 0 atom stereocenters. The minimum absolute atomic E-state index is 0.175. The van der Waals surface area contributed by atoms with E-state index in [0.29, 0.717) is 25.3 Å². The Morgan fingerprint density at radius 1 is 1.37 bits per heavy atom. The molecule has 0 aliphatic carbocycles. The van der Waals surface area contributed by atoms with Gasteiger partial charge in [-0.2, -0.15) is 10.2 Å². The van der Waals surface area contributed by atoms with E-state index in [1.165, 1.54) is 4.68 Å². The predicted octanol–water partition coefficient (Wildman–Crippen LogP) is 1.53. The topological polar surface area (TPSA) is 64.7 Å². The van der Waals surface area contributed by atoms with E-state index in [-0.39, 0.29) is 10.6 Å². The van der Waals surface area contributed by atoms with Crippen molar-refractivity contribution in [2.24, 2.45) is 0 Å². The minimum atomic E-state index is -0.274. The predicted molar refractivity (Wildman–Crippen MR) is 74.6 cm³/mol. The molecule has 6 nitrogen and oxygen atoms in total. The smallest absolute Gasteiger partial charge is 0.287 e. The number of hydrogen-bond donors (Lipinski definition) is 1. The van der Waals surface area contributed by atoms with Crippen LogP contribution in [0.15, 0.2) is 23.4 Å². The van der Waals surface area contributed by atoms with E-state index in [4.69, 9.17) is 11.6 Å². The maximum atomic E-state index is 11.8. The summed E-state index contributed by atoms with van der Waals surface area (Å²) in [5.74, 6) is 0. The zero-order valence-corrected chi connectivity index (χ0v) is 11.7. The fraction of sp³-hybridized carbons (Fsp3) is 0.417. The molecule has 0 radical (unpaired) electrons. The summed E-state index contributed by atoms with van der Waals surface area (Å²) in [4.78, 5) is 11.8. The number of hydrogen-bond acceptors (Lipinski definition) is 4. The molecule has 0 bridgehead atoms. The first-order chi connectivity index (χ1) is 9.11. The van der Waals surface area contributed by atoms with Crippen LogP contribution in [0.4, 0.5) is 5.69 Å². The molecule has 0 fully saturated rings. The molecule has 0 saturated heterocycles. The van der Waals surface area contributed by atoms with Crippen LogP contribution in [-0.4, -0.2) is 26.1 Å². The average molecular weight is 282 g/mol. The fourth-order valence-corrected chi connectivity index (χ4v) is 1.92. The van der Waals surface area contributed by atoms with E-state index >= 15 is 0 Å². The number of aryl methyl sites for hydroxylation is 2. The molecule has 2 aromatic heterocycles. The van der Waals surface area contributed by atoms with Crippen LogP contribution in [0.3, 0.4) is 0 Å². The third kappa shape index (κ3) is 3.14. The van der Waals surface area contributed by atoms with Gasteiger partial charge < -0.3 is 5.32 Å². The Labute approximate surface area is 116 Å². The third-order valence-electron chi connectivity index (χ3n) is 2.70. The summed E-state index contributed by atoms with van der Waals surface area (Å²) in [7, 11) is 0. The molecule has 0 unspecified atom stereocenters. The second kappa shape index (κ2) is 5.88. The van der Waals surface area contributed by atoms with Crippen LogP contribution in [0, 0.1) is 6.92 Å². The van der Waals surface area contributed by atoms with Crippen molar-refractivity contribution in [3.8, 4) is 0 Å². The summed E-state index contributed by atoms with van der Waals surface area (Å²) in [5.41, 5.74) is 1.40. The van der Waals surface area contributed by atoms with Crippen LogP contribution >= 0.6 is 11.6 Å². The minimum Gasteiger partial charge on any atom is -0.381 e. The molecule has 0 spiro atoms. The van der Waals surface area contributed by atoms with E-state index in [2.05, 4.69) is 15.5 Å². The van der Waals surface area contributed by atoms with Crippen LogP contribution < -0.4 is 10.9 Å². The van der Waals surface area contributed by atoms with E-state index in [0.717, 1.165) is 5.56 Å². The van der Waals surface area contributed by atoms with Gasteiger partial charge in [-0.05, 0) is 19.4 Å². The van der Waals surface area contributed by atoms with E-state index < -0.39 is 0 Å². The molecule has 0 saturated carbocycles. The van der Waals surface area contributed by atoms with Crippen molar-refractivity contribution in [1.82, 2.24) is 19.6 Å². The van der Waals surface area contributed by atoms with Crippen molar-refractivity contribution in [3.05, 3.63) is 39.5 Å². The normalized spacial score (nSPS) is 10.7. The van der Waals surface area contributed by atoms with Crippen molar-refractivity contribution in [1.29, 1.82) is 0 Å². The number of rotatable bonds is 5. The van der Waals surface area contributed by atoms with Crippen molar-refractivity contribution in [3.63, 3.8) is 0 Å². The molecule has 2 aromatic rings. The third-order valence-corrected chi connectivity index (χ3v) is 3.07. The zero-order chi connectivity index (χ0) is 13.8. The molecule has 2 rings (SSSR count). The highest BCUT2D eigenvalue weighted by Crippen LogP contribution is 2.14. The molecular formula is C12H16ClN5O. The van der Waals surface area contributed by atoms with Crippen LogP contribution in [0.1, 0.15) is 12.5 Å². The Hall–Kier alpha value is -1.82. The van der Waals surface area contributed by atoms with Gasteiger partial charge in [-0.3, -0.25) is 9.48 Å². The zero-order valence-electron chi connectivity index (χ0n) is 10.9. The Balaban J connectivity index is 2.00. The largest absolute Gasteiger partial charge is 0.381 e. The molecule has 0 aliphatic heterocycles. The average Bonchev–Trinajstić information content (AvgIpc) is 2.81. The monoisotopic (exact) mass is 281 g/mol. The van der Waals surface area contributed by atoms with Gasteiger partial charge in [0.05, 0.1) is 24.6 Å². The SMILES string of the molecule is CCn1ncc(NCCn2cc(C)cn2)c(Cl)c1=O. The molecule has 19 heavy (non-hydrogen) atoms. The first-order valence-electron chi connectivity index (χ1n) is 6.10. The summed E-state index contributed by atoms with van der Waals surface area (Å²) < 4.78 is 3.15. The lowest BCUT2D eigenvalue weighted by Crippen LogP contribution is -2.24. The second-order valence-electron chi connectivity index (χ2n) is 4.20. The second-order valence-corrected chi connectivity index (χ2v) is 4.58. The summed E-state index contributed by atoms with van der Waals surface area (Å²) in [6.07, 6.45) is 5.33. The first-order valence-corrected chi connectivity index (χ1v) is 6.48. The highest BCUT2D eigenvalue weighted by Gasteiger charge is 2.07. The van der Waals surface area contributed by atoms with Crippen LogP contribution in [0.5, 0.6) is 0 Å². The molecule has 2 heterocycles. The number of nitrogens with zero attached hydrogens (tertiary/aromatic N) is 4. The van der Waals surface area contributed by atoms with Gasteiger partial charge in [0.25, 0.3) is 5.56 Å². The Kier molecular flexibility index (Phi) is 4.21. The van der Waals surface area contributed by atoms with Crippen LogP contribution in [0.2, 0.25) is 5.02 Å². The molecule has 0 amide bonds. The summed E-state index contributed by atoms with van der Waals surface area (Å²) >= 11 is 6.00. The lowest BCUT2D eigenvalue weighted by Gasteiger charge is -2.09. The van der Waals surface area contributed by atoms with Gasteiger partial charge in [0.15, 0.2) is 0 Å². The van der Waals surface area contributed by atoms with Crippen LogP contribution in [-0.2, 0) is 13.1 Å². The quantitative estimate of drug-likeness (QED) is 0.903.